The summed E-state index contributed by atoms with van der Waals surface area (Å²) in [4.78, 5) is 24.7. The van der Waals surface area contributed by atoms with Gasteiger partial charge in [0.1, 0.15) is 17.1 Å². The van der Waals surface area contributed by atoms with Crippen molar-refractivity contribution in [1.82, 2.24) is 14.9 Å². The lowest BCUT2D eigenvalue weighted by Crippen LogP contribution is -2.39. The first-order valence-electron chi connectivity index (χ1n) is 11.9. The summed E-state index contributed by atoms with van der Waals surface area (Å²) in [5, 5.41) is 1.05. The van der Waals surface area contributed by atoms with Crippen molar-refractivity contribution in [3.05, 3.63) is 53.6 Å². The predicted octanol–water partition coefficient (Wildman–Crippen LogP) is 6.29. The molecule has 0 bridgehead atoms. The van der Waals surface area contributed by atoms with Crippen LogP contribution in [0.25, 0.3) is 27.7 Å². The number of aromatic amines is 1. The lowest BCUT2D eigenvalue weighted by molar-refractivity contribution is 0.0270. The van der Waals surface area contributed by atoms with Crippen LogP contribution in [0.2, 0.25) is 0 Å². The predicted molar refractivity (Wildman–Crippen MR) is 133 cm³/mol. The molecule has 2 aromatic heterocycles. The molecule has 0 aliphatic carbocycles. The van der Waals surface area contributed by atoms with Gasteiger partial charge in [0.05, 0.1) is 6.04 Å². The van der Waals surface area contributed by atoms with Crippen molar-refractivity contribution in [2.75, 3.05) is 25.0 Å². The Bertz CT molecular complexity index is 1300. The molecule has 1 N–H and O–H groups in total. The van der Waals surface area contributed by atoms with E-state index in [-0.39, 0.29) is 18.0 Å². The summed E-state index contributed by atoms with van der Waals surface area (Å²) < 4.78 is 19.8. The maximum absolute atomic E-state index is 14.3. The SMILES string of the molecule is CC[C@H]1c2c(C3=CCN(C(=O)OC(C)(C)C)CC3)[nH]c3nccc(c23)-c2cc(F)ccc2N1C. The van der Waals surface area contributed by atoms with E-state index in [1.807, 2.05) is 32.9 Å². The van der Waals surface area contributed by atoms with Crippen LogP contribution in [0.1, 0.15) is 57.8 Å². The number of ether oxygens (including phenoxy) is 1. The van der Waals surface area contributed by atoms with Crippen LogP contribution < -0.4 is 4.90 Å². The number of halogens is 1. The summed E-state index contributed by atoms with van der Waals surface area (Å²) in [6.45, 7) is 8.90. The summed E-state index contributed by atoms with van der Waals surface area (Å²) in [5.41, 5.74) is 6.59. The molecule has 0 saturated heterocycles. The molecule has 178 valence electrons. The Balaban J connectivity index is 1.61. The summed E-state index contributed by atoms with van der Waals surface area (Å²) in [5.74, 6) is -0.249. The van der Waals surface area contributed by atoms with E-state index in [0.717, 1.165) is 46.4 Å². The van der Waals surface area contributed by atoms with Crippen LogP contribution in [0.4, 0.5) is 14.9 Å². The number of fused-ring (bicyclic) bond motifs is 2. The van der Waals surface area contributed by atoms with Crippen molar-refractivity contribution in [2.24, 2.45) is 0 Å². The minimum atomic E-state index is -0.518. The molecule has 1 aromatic carbocycles. The van der Waals surface area contributed by atoms with Crippen LogP contribution in [0.15, 0.2) is 36.5 Å². The van der Waals surface area contributed by atoms with Gasteiger partial charge in [-0.25, -0.2) is 14.2 Å². The number of carbonyl (C=O) groups excluding carboxylic acids is 1. The van der Waals surface area contributed by atoms with Gasteiger partial charge in [0.15, 0.2) is 0 Å². The zero-order chi connectivity index (χ0) is 24.2. The number of hydrogen-bond acceptors (Lipinski definition) is 4. The normalized spacial score (nSPS) is 17.9. The zero-order valence-corrected chi connectivity index (χ0v) is 20.4. The third-order valence-corrected chi connectivity index (χ3v) is 6.73. The lowest BCUT2D eigenvalue weighted by atomic mass is 9.93. The highest BCUT2D eigenvalue weighted by Gasteiger charge is 2.33. The van der Waals surface area contributed by atoms with Crippen molar-refractivity contribution < 1.29 is 13.9 Å². The molecule has 6 nitrogen and oxygen atoms in total. The van der Waals surface area contributed by atoms with Crippen LogP contribution in [0, 0.1) is 5.82 Å². The van der Waals surface area contributed by atoms with Gasteiger partial charge in [-0.1, -0.05) is 13.0 Å². The van der Waals surface area contributed by atoms with Gasteiger partial charge >= 0.3 is 6.09 Å². The first kappa shape index (κ1) is 22.4. The van der Waals surface area contributed by atoms with Crippen LogP contribution in [-0.2, 0) is 4.74 Å². The second-order valence-electron chi connectivity index (χ2n) is 10.1. The van der Waals surface area contributed by atoms with Gasteiger partial charge in [0, 0.05) is 54.2 Å². The van der Waals surface area contributed by atoms with Crippen LogP contribution in [0.5, 0.6) is 0 Å². The number of amides is 1. The van der Waals surface area contributed by atoms with E-state index in [4.69, 9.17) is 4.74 Å². The molecular weight excluding hydrogens is 431 g/mol. The molecule has 2 aliphatic heterocycles. The van der Waals surface area contributed by atoms with Gasteiger partial charge in [-0.2, -0.15) is 0 Å². The maximum Gasteiger partial charge on any atom is 0.410 e. The van der Waals surface area contributed by atoms with E-state index in [9.17, 15) is 9.18 Å². The molecular formula is C27H31FN4O2. The number of benzene rings is 1. The number of carbonyl (C=O) groups is 1. The van der Waals surface area contributed by atoms with Crippen molar-refractivity contribution >= 4 is 28.4 Å². The molecule has 0 fully saturated rings. The van der Waals surface area contributed by atoms with E-state index < -0.39 is 5.60 Å². The minimum Gasteiger partial charge on any atom is -0.444 e. The Morgan fingerprint density at radius 3 is 2.74 bits per heavy atom. The topological polar surface area (TPSA) is 61.5 Å². The second kappa shape index (κ2) is 8.15. The Hall–Kier alpha value is -3.35. The van der Waals surface area contributed by atoms with Crippen molar-refractivity contribution in [3.63, 3.8) is 0 Å². The molecule has 4 heterocycles. The quantitative estimate of drug-likeness (QED) is 0.486. The third kappa shape index (κ3) is 3.73. The number of hydrogen-bond donors (Lipinski definition) is 1. The highest BCUT2D eigenvalue weighted by molar-refractivity contribution is 6.03. The zero-order valence-electron chi connectivity index (χ0n) is 20.4. The molecule has 0 saturated carbocycles. The first-order chi connectivity index (χ1) is 16.2. The van der Waals surface area contributed by atoms with Gasteiger partial charge in [-0.05, 0) is 69.0 Å². The Labute approximate surface area is 199 Å². The maximum atomic E-state index is 14.3. The molecule has 1 atom stereocenters. The lowest BCUT2D eigenvalue weighted by Gasteiger charge is -2.32. The van der Waals surface area contributed by atoms with E-state index in [2.05, 4.69) is 34.9 Å². The molecule has 7 heteroatoms. The Morgan fingerprint density at radius 2 is 2.06 bits per heavy atom. The van der Waals surface area contributed by atoms with Crippen molar-refractivity contribution in [1.29, 1.82) is 0 Å². The van der Waals surface area contributed by atoms with Crippen LogP contribution >= 0.6 is 0 Å². The molecule has 0 radical (unpaired) electrons. The Kier molecular flexibility index (Phi) is 5.38. The fraction of sp³-hybridized carbons (Fsp3) is 0.407. The summed E-state index contributed by atoms with van der Waals surface area (Å²) in [7, 11) is 2.08. The number of anilines is 1. The number of nitrogens with one attached hydrogen (secondary N) is 1. The molecule has 34 heavy (non-hydrogen) atoms. The van der Waals surface area contributed by atoms with E-state index in [0.29, 0.717) is 13.1 Å². The standard InChI is InChI=1S/C27H31FN4O2/c1-6-20-23-22-18(19-15-17(28)7-8-21(19)31(20)5)9-12-29-25(22)30-24(23)16-10-13-32(14-11-16)26(33)34-27(2,3)4/h7-10,12,15,20H,6,11,13-14H2,1-5H3,(H,29,30)/t20-/m0/s1. The van der Waals surface area contributed by atoms with Crippen molar-refractivity contribution in [2.45, 2.75) is 52.2 Å². The summed E-state index contributed by atoms with van der Waals surface area (Å²) in [6.07, 6.45) is 5.21. The van der Waals surface area contributed by atoms with Gasteiger partial charge in [0.25, 0.3) is 0 Å². The van der Waals surface area contributed by atoms with Crippen LogP contribution in [-0.4, -0.2) is 46.7 Å². The highest BCUT2D eigenvalue weighted by Crippen LogP contribution is 2.48. The third-order valence-electron chi connectivity index (χ3n) is 6.73. The van der Waals surface area contributed by atoms with Gasteiger partial charge in [-0.15, -0.1) is 0 Å². The van der Waals surface area contributed by atoms with Gasteiger partial charge in [-0.3, -0.25) is 0 Å². The van der Waals surface area contributed by atoms with E-state index in [1.54, 1.807) is 17.2 Å². The number of H-pyrrole nitrogens is 1. The molecule has 2 aliphatic rings. The second-order valence-corrected chi connectivity index (χ2v) is 10.1. The molecule has 0 unspecified atom stereocenters. The average Bonchev–Trinajstić information content (AvgIpc) is 3.13. The monoisotopic (exact) mass is 462 g/mol. The largest absolute Gasteiger partial charge is 0.444 e. The number of nitrogens with zero attached hydrogens (tertiary/aromatic N) is 3. The van der Waals surface area contributed by atoms with Crippen LogP contribution in [0.3, 0.4) is 0 Å². The molecule has 1 amide bonds. The number of aromatic nitrogens is 2. The summed E-state index contributed by atoms with van der Waals surface area (Å²) >= 11 is 0. The number of rotatable bonds is 2. The Morgan fingerprint density at radius 1 is 1.26 bits per heavy atom. The summed E-state index contributed by atoms with van der Waals surface area (Å²) in [6, 6.07) is 7.09. The van der Waals surface area contributed by atoms with E-state index >= 15 is 0 Å². The molecule has 5 rings (SSSR count). The molecule has 0 spiro atoms. The minimum absolute atomic E-state index is 0.100. The number of pyridine rings is 1. The fourth-order valence-electron chi connectivity index (χ4n) is 5.21. The first-order valence-corrected chi connectivity index (χ1v) is 11.9. The van der Waals surface area contributed by atoms with E-state index in [1.165, 1.54) is 17.2 Å². The smallest absolute Gasteiger partial charge is 0.410 e. The average molecular weight is 463 g/mol. The highest BCUT2D eigenvalue weighted by atomic mass is 19.1. The van der Waals surface area contributed by atoms with Gasteiger partial charge < -0.3 is 19.5 Å². The van der Waals surface area contributed by atoms with Gasteiger partial charge in [0.2, 0.25) is 0 Å². The fourth-order valence-corrected chi connectivity index (χ4v) is 5.21. The molecule has 3 aromatic rings. The van der Waals surface area contributed by atoms with Crippen molar-refractivity contribution in [3.8, 4) is 11.1 Å².